The first-order valence-corrected chi connectivity index (χ1v) is 15.0. The fourth-order valence-corrected chi connectivity index (χ4v) is 6.28. The minimum Gasteiger partial charge on any atom is -0.494 e. The van der Waals surface area contributed by atoms with Crippen molar-refractivity contribution in [3.8, 4) is 11.4 Å². The molecule has 10 nitrogen and oxygen atoms in total. The van der Waals surface area contributed by atoms with Crippen LogP contribution < -0.4 is 19.7 Å². The minimum absolute atomic E-state index is 0.192. The van der Waals surface area contributed by atoms with Crippen LogP contribution in [0.4, 0.5) is 11.4 Å². The lowest BCUT2D eigenvalue weighted by Gasteiger charge is -2.29. The number of carbonyl (C=O) groups is 1. The van der Waals surface area contributed by atoms with Crippen molar-refractivity contribution in [1.29, 1.82) is 0 Å². The van der Waals surface area contributed by atoms with E-state index in [1.807, 2.05) is 53.6 Å². The topological polar surface area (TPSA) is 126 Å². The average molecular weight is 592 g/mol. The second kappa shape index (κ2) is 10.9. The third-order valence-corrected chi connectivity index (χ3v) is 7.93. The van der Waals surface area contributed by atoms with Crippen LogP contribution in [0.25, 0.3) is 5.69 Å². The molecule has 0 spiro atoms. The van der Waals surface area contributed by atoms with E-state index < -0.39 is 16.0 Å². The van der Waals surface area contributed by atoms with Gasteiger partial charge in [-0.3, -0.25) is 9.71 Å². The molecular formula is C29H29N5O5S2. The van der Waals surface area contributed by atoms with E-state index in [0.29, 0.717) is 27.9 Å². The molecule has 4 aromatic rings. The molecule has 1 saturated heterocycles. The van der Waals surface area contributed by atoms with E-state index in [4.69, 9.17) is 17.0 Å². The highest BCUT2D eigenvalue weighted by Crippen LogP contribution is 2.45. The Balaban J connectivity index is 1.69. The van der Waals surface area contributed by atoms with Gasteiger partial charge in [-0.1, -0.05) is 18.2 Å². The number of nitrogens with zero attached hydrogens (tertiary/aromatic N) is 3. The third-order valence-electron chi connectivity index (χ3n) is 7.02. The Morgan fingerprint density at radius 2 is 1.83 bits per heavy atom. The normalized spacial score (nSPS) is 16.9. The summed E-state index contributed by atoms with van der Waals surface area (Å²) in [6, 6.07) is 19.0. The highest BCUT2D eigenvalue weighted by Gasteiger charge is 2.42. The van der Waals surface area contributed by atoms with Crippen molar-refractivity contribution >= 4 is 44.7 Å². The average Bonchev–Trinajstić information content (AvgIpc) is 3.43. The van der Waals surface area contributed by atoms with E-state index >= 15 is 0 Å². The molecule has 2 aromatic carbocycles. The number of hydrogen-bond acceptors (Lipinski definition) is 6. The highest BCUT2D eigenvalue weighted by molar-refractivity contribution is 7.92. The van der Waals surface area contributed by atoms with Gasteiger partial charge in [-0.2, -0.15) is 0 Å². The van der Waals surface area contributed by atoms with Crippen LogP contribution in [0.5, 0.6) is 5.75 Å². The Kier molecular flexibility index (Phi) is 7.45. The summed E-state index contributed by atoms with van der Waals surface area (Å²) < 4.78 is 33.7. The van der Waals surface area contributed by atoms with Gasteiger partial charge in [0.2, 0.25) is 10.0 Å². The maximum absolute atomic E-state index is 12.1. The van der Waals surface area contributed by atoms with Crippen molar-refractivity contribution in [3.05, 3.63) is 101 Å². The lowest BCUT2D eigenvalue weighted by molar-refractivity contribution is 0.0697. The Morgan fingerprint density at radius 1 is 1.10 bits per heavy atom. The van der Waals surface area contributed by atoms with E-state index in [9.17, 15) is 18.3 Å². The highest BCUT2D eigenvalue weighted by atomic mass is 32.2. The number of para-hydroxylation sites is 1. The number of rotatable bonds is 8. The number of hydrogen-bond donors (Lipinski definition) is 3. The number of nitrogens with one attached hydrogen (secondary N) is 2. The molecule has 3 N–H and O–H groups in total. The number of carboxylic acids is 1. The van der Waals surface area contributed by atoms with Crippen LogP contribution in [-0.4, -0.2) is 47.5 Å². The number of sulfonamides is 1. The zero-order valence-electron chi connectivity index (χ0n) is 22.8. The van der Waals surface area contributed by atoms with Gasteiger partial charge in [0.05, 0.1) is 48.1 Å². The molecule has 0 saturated carbocycles. The molecule has 0 unspecified atom stereocenters. The number of aromatic carboxylic acids is 1. The van der Waals surface area contributed by atoms with E-state index in [0.717, 1.165) is 28.9 Å². The summed E-state index contributed by atoms with van der Waals surface area (Å²) in [5.74, 6) is -0.683. The molecule has 2 aromatic heterocycles. The Bertz CT molecular complexity index is 1750. The third kappa shape index (κ3) is 5.35. The Labute approximate surface area is 243 Å². The van der Waals surface area contributed by atoms with Gasteiger partial charge in [0, 0.05) is 29.3 Å². The standard InChI is InChI=1S/C29H29N5O5S2/c1-17-15-21(18(2)33(17)24-11-6-5-9-20(24)28(35)36)27-26(23-10-7-8-14-30-23)31-29(40)34(27)19-12-13-22(25(16-19)39-3)32-41(4,37)38/h5-16,26-27,32H,1-4H3,(H,31,40)(H,35,36)/t26-,27+/m1/s1. The summed E-state index contributed by atoms with van der Waals surface area (Å²) in [6.45, 7) is 3.89. The Hall–Kier alpha value is -4.42. The molecular weight excluding hydrogens is 562 g/mol. The van der Waals surface area contributed by atoms with E-state index in [-0.39, 0.29) is 17.6 Å². The number of aryl methyl sites for hydroxylation is 1. The molecule has 0 aliphatic carbocycles. The van der Waals surface area contributed by atoms with E-state index in [2.05, 4.69) is 15.0 Å². The molecule has 41 heavy (non-hydrogen) atoms. The van der Waals surface area contributed by atoms with Crippen molar-refractivity contribution in [2.45, 2.75) is 25.9 Å². The van der Waals surface area contributed by atoms with Crippen molar-refractivity contribution in [3.63, 3.8) is 0 Å². The first-order chi connectivity index (χ1) is 19.5. The molecule has 1 aliphatic heterocycles. The molecule has 0 bridgehead atoms. The van der Waals surface area contributed by atoms with Gasteiger partial charge in [-0.25, -0.2) is 13.2 Å². The number of anilines is 2. The van der Waals surface area contributed by atoms with Gasteiger partial charge < -0.3 is 24.6 Å². The van der Waals surface area contributed by atoms with Gasteiger partial charge in [-0.05, 0) is 74.1 Å². The molecule has 1 aliphatic rings. The second-order valence-corrected chi connectivity index (χ2v) is 11.9. The van der Waals surface area contributed by atoms with Crippen LogP contribution in [0.1, 0.15) is 45.1 Å². The maximum Gasteiger partial charge on any atom is 0.337 e. The monoisotopic (exact) mass is 591 g/mol. The molecule has 0 amide bonds. The first kappa shape index (κ1) is 28.1. The van der Waals surface area contributed by atoms with Crippen LogP contribution >= 0.6 is 12.2 Å². The van der Waals surface area contributed by atoms with Gasteiger partial charge in [0.15, 0.2) is 5.11 Å². The van der Waals surface area contributed by atoms with Gasteiger partial charge in [0.25, 0.3) is 0 Å². The fourth-order valence-electron chi connectivity index (χ4n) is 5.37. The van der Waals surface area contributed by atoms with Crippen LogP contribution in [-0.2, 0) is 10.0 Å². The summed E-state index contributed by atoms with van der Waals surface area (Å²) in [7, 11) is -2.06. The predicted octanol–water partition coefficient (Wildman–Crippen LogP) is 4.74. The zero-order chi connectivity index (χ0) is 29.5. The number of thiocarbonyl (C=S) groups is 1. The lowest BCUT2D eigenvalue weighted by atomic mass is 9.96. The molecule has 12 heteroatoms. The number of ether oxygens (including phenoxy) is 1. The van der Waals surface area contributed by atoms with Crippen molar-refractivity contribution in [2.24, 2.45) is 0 Å². The summed E-state index contributed by atoms with van der Waals surface area (Å²) in [5, 5.41) is 13.7. The molecule has 212 valence electrons. The number of aromatic nitrogens is 2. The summed E-state index contributed by atoms with van der Waals surface area (Å²) in [4.78, 5) is 18.6. The quantitative estimate of drug-likeness (QED) is 0.249. The first-order valence-electron chi connectivity index (χ1n) is 12.7. The summed E-state index contributed by atoms with van der Waals surface area (Å²) in [5.41, 5.74) is 5.14. The van der Waals surface area contributed by atoms with Crippen molar-refractivity contribution in [1.82, 2.24) is 14.9 Å². The van der Waals surface area contributed by atoms with E-state index in [1.54, 1.807) is 42.6 Å². The number of pyridine rings is 1. The van der Waals surface area contributed by atoms with E-state index in [1.165, 1.54) is 7.11 Å². The van der Waals surface area contributed by atoms with Crippen molar-refractivity contribution < 1.29 is 23.1 Å². The Morgan fingerprint density at radius 3 is 2.49 bits per heavy atom. The number of methoxy groups -OCH3 is 1. The van der Waals surface area contributed by atoms with Crippen LogP contribution in [0.15, 0.2) is 72.9 Å². The summed E-state index contributed by atoms with van der Waals surface area (Å²) in [6.07, 6.45) is 2.80. The lowest BCUT2D eigenvalue weighted by Crippen LogP contribution is -2.29. The van der Waals surface area contributed by atoms with Gasteiger partial charge in [0.1, 0.15) is 5.75 Å². The van der Waals surface area contributed by atoms with Gasteiger partial charge >= 0.3 is 5.97 Å². The minimum atomic E-state index is -3.53. The largest absolute Gasteiger partial charge is 0.494 e. The maximum atomic E-state index is 12.1. The summed E-state index contributed by atoms with van der Waals surface area (Å²) >= 11 is 5.86. The molecule has 1 fully saturated rings. The zero-order valence-corrected chi connectivity index (χ0v) is 24.5. The SMILES string of the molecule is COc1cc(N2C(=S)N[C@H](c3ccccn3)[C@@H]2c2cc(C)n(-c3ccccc3C(=O)O)c2C)ccc1NS(C)(=O)=O. The van der Waals surface area contributed by atoms with Crippen LogP contribution in [0.3, 0.4) is 0 Å². The fraction of sp³-hybridized carbons (Fsp3) is 0.207. The molecule has 5 rings (SSSR count). The number of carboxylic acid groups (broad SMARTS) is 1. The molecule has 3 heterocycles. The van der Waals surface area contributed by atoms with Crippen LogP contribution in [0.2, 0.25) is 0 Å². The smallest absolute Gasteiger partial charge is 0.337 e. The molecule has 2 atom stereocenters. The second-order valence-electron chi connectivity index (χ2n) is 9.74. The van der Waals surface area contributed by atoms with Crippen LogP contribution in [0, 0.1) is 13.8 Å². The number of benzene rings is 2. The van der Waals surface area contributed by atoms with Crippen molar-refractivity contribution in [2.75, 3.05) is 23.0 Å². The predicted molar refractivity (Wildman–Crippen MR) is 162 cm³/mol. The molecule has 0 radical (unpaired) electrons. The van der Waals surface area contributed by atoms with Gasteiger partial charge in [-0.15, -0.1) is 0 Å².